The topological polar surface area (TPSA) is 150 Å². The second-order valence-electron chi connectivity index (χ2n) is 13.4. The molecule has 1 fully saturated rings. The number of benzene rings is 3. The number of amides is 1. The molecule has 1 aromatic heterocycles. The van der Waals surface area contributed by atoms with E-state index in [0.717, 1.165) is 28.8 Å². The van der Waals surface area contributed by atoms with Gasteiger partial charge in [0.2, 0.25) is 5.91 Å². The van der Waals surface area contributed by atoms with Crippen molar-refractivity contribution in [2.75, 3.05) is 18.1 Å². The molecule has 3 aromatic carbocycles. The highest BCUT2D eigenvalue weighted by Gasteiger charge is 2.49. The second-order valence-corrected chi connectivity index (χ2v) is 13.4. The normalized spacial score (nSPS) is 16.1. The molecule has 12 nitrogen and oxygen atoms in total. The molecule has 53 heavy (non-hydrogen) atoms. The van der Waals surface area contributed by atoms with Crippen molar-refractivity contribution in [3.05, 3.63) is 114 Å². The third-order valence-electron chi connectivity index (χ3n) is 9.34. The van der Waals surface area contributed by atoms with Crippen molar-refractivity contribution >= 4 is 29.5 Å². The molecule has 0 bridgehead atoms. The van der Waals surface area contributed by atoms with Crippen LogP contribution in [0.1, 0.15) is 80.9 Å². The average Bonchev–Trinajstić information content (AvgIpc) is 3.66. The van der Waals surface area contributed by atoms with E-state index < -0.39 is 41.3 Å². The van der Waals surface area contributed by atoms with Crippen molar-refractivity contribution in [3.8, 4) is 0 Å². The van der Waals surface area contributed by atoms with E-state index in [1.165, 1.54) is 39.2 Å². The second kappa shape index (κ2) is 17.9. The Morgan fingerprint density at radius 3 is 2.21 bits per heavy atom. The third-order valence-corrected chi connectivity index (χ3v) is 9.34. The Morgan fingerprint density at radius 1 is 0.906 bits per heavy atom. The maximum absolute atomic E-state index is 14.1. The lowest BCUT2D eigenvalue weighted by atomic mass is 9.77. The summed E-state index contributed by atoms with van der Waals surface area (Å²) in [5.74, 6) is -2.47. The number of ether oxygens (including phenoxy) is 3. The number of aryl methyl sites for hydroxylation is 3. The van der Waals surface area contributed by atoms with Crippen molar-refractivity contribution < 1.29 is 42.9 Å². The number of β-lactam (4-membered cyclic amide) rings is 1. The zero-order valence-corrected chi connectivity index (χ0v) is 30.2. The minimum Gasteiger partial charge on any atom is -0.463 e. The van der Waals surface area contributed by atoms with Crippen molar-refractivity contribution in [3.63, 3.8) is 0 Å². The first-order valence-electron chi connectivity index (χ1n) is 17.7. The molecular weight excluding hydrogens is 683 g/mol. The Morgan fingerprint density at radius 2 is 1.58 bits per heavy atom. The largest absolute Gasteiger partial charge is 0.463 e. The summed E-state index contributed by atoms with van der Waals surface area (Å²) in [5.41, 5.74) is 2.69. The standard InChI is InChI=1S/C40H45FN4O8/c1-27(46)51-23-40(50,24-52-28(2)47)21-20-30-10-12-33(13-11-30)38-35(18-19-37(53-29(3)48)32-14-16-34(41)17-15-32)39(49)45(38)36-9-5-4-7-31(36)8-6-22-44-26-42-25-43-44/h4-5,7,9-17,25-26,35,37-38,50H,6,8,18-24H2,1-3H3/t35-,37+,38-/m1/s1. The fourth-order valence-electron chi connectivity index (χ4n) is 6.64. The molecule has 0 saturated carbocycles. The predicted octanol–water partition coefficient (Wildman–Crippen LogP) is 5.63. The van der Waals surface area contributed by atoms with E-state index in [4.69, 9.17) is 14.2 Å². The smallest absolute Gasteiger partial charge is 0.303 e. The van der Waals surface area contributed by atoms with Crippen molar-refractivity contribution in [2.24, 2.45) is 5.92 Å². The Bertz CT molecular complexity index is 1830. The van der Waals surface area contributed by atoms with E-state index in [1.807, 2.05) is 53.4 Å². The van der Waals surface area contributed by atoms with Crippen LogP contribution in [-0.4, -0.2) is 62.5 Å². The van der Waals surface area contributed by atoms with Gasteiger partial charge in [0.15, 0.2) is 0 Å². The van der Waals surface area contributed by atoms with Gasteiger partial charge in [-0.15, -0.1) is 0 Å². The molecule has 0 radical (unpaired) electrons. The maximum Gasteiger partial charge on any atom is 0.303 e. The number of aromatic nitrogens is 3. The Balaban J connectivity index is 1.38. The summed E-state index contributed by atoms with van der Waals surface area (Å²) in [6, 6.07) is 21.1. The van der Waals surface area contributed by atoms with Gasteiger partial charge in [-0.05, 0) is 79.0 Å². The lowest BCUT2D eigenvalue weighted by Gasteiger charge is -2.48. The molecule has 3 atom stereocenters. The zero-order valence-electron chi connectivity index (χ0n) is 30.2. The van der Waals surface area contributed by atoms with Gasteiger partial charge < -0.3 is 24.2 Å². The van der Waals surface area contributed by atoms with E-state index in [2.05, 4.69) is 10.1 Å². The molecule has 0 aliphatic carbocycles. The highest BCUT2D eigenvalue weighted by Crippen LogP contribution is 2.47. The zero-order chi connectivity index (χ0) is 38.0. The molecule has 1 amide bonds. The summed E-state index contributed by atoms with van der Waals surface area (Å²) in [4.78, 5) is 54.9. The molecule has 4 aromatic rings. The van der Waals surface area contributed by atoms with Gasteiger partial charge in [0.05, 0.1) is 12.0 Å². The first kappa shape index (κ1) is 38.8. The molecule has 5 rings (SSSR count). The lowest BCUT2D eigenvalue weighted by Crippen LogP contribution is -2.55. The summed E-state index contributed by atoms with van der Waals surface area (Å²) >= 11 is 0. The SMILES string of the molecule is CC(=O)OCC(O)(CCc1ccc([C@@H]2[C@@H](CC[C@H](OC(C)=O)c3ccc(F)cc3)C(=O)N2c2ccccc2CCCn2cncn2)cc1)COC(C)=O. The molecule has 0 spiro atoms. The van der Waals surface area contributed by atoms with Gasteiger partial charge in [-0.1, -0.05) is 54.6 Å². The number of halogens is 1. The number of nitrogens with zero attached hydrogens (tertiary/aromatic N) is 4. The minimum atomic E-state index is -1.57. The van der Waals surface area contributed by atoms with Gasteiger partial charge in [0.1, 0.15) is 43.4 Å². The van der Waals surface area contributed by atoms with Crippen molar-refractivity contribution in [1.29, 1.82) is 0 Å². The molecule has 280 valence electrons. The molecule has 1 N–H and O–H groups in total. The number of esters is 3. The third kappa shape index (κ3) is 10.6. The first-order chi connectivity index (χ1) is 25.4. The first-order valence-corrected chi connectivity index (χ1v) is 17.7. The van der Waals surface area contributed by atoms with Crippen LogP contribution in [0.2, 0.25) is 0 Å². The summed E-state index contributed by atoms with van der Waals surface area (Å²) in [7, 11) is 0. The van der Waals surface area contributed by atoms with E-state index in [9.17, 15) is 28.7 Å². The van der Waals surface area contributed by atoms with Crippen LogP contribution in [0.3, 0.4) is 0 Å². The highest BCUT2D eigenvalue weighted by atomic mass is 19.1. The van der Waals surface area contributed by atoms with Crippen molar-refractivity contribution in [2.45, 2.75) is 83.6 Å². The van der Waals surface area contributed by atoms with Crippen LogP contribution < -0.4 is 4.90 Å². The van der Waals surface area contributed by atoms with Crippen LogP contribution >= 0.6 is 0 Å². The number of aliphatic hydroxyl groups is 1. The van der Waals surface area contributed by atoms with Gasteiger partial charge in [-0.3, -0.25) is 23.9 Å². The molecule has 0 unspecified atom stereocenters. The molecule has 2 heterocycles. The number of carbonyl (C=O) groups is 4. The van der Waals surface area contributed by atoms with Crippen LogP contribution in [0.15, 0.2) is 85.5 Å². The van der Waals surface area contributed by atoms with Crippen LogP contribution in [-0.2, 0) is 52.8 Å². The predicted molar refractivity (Wildman–Crippen MR) is 192 cm³/mol. The fraction of sp³-hybridized carbons (Fsp3) is 0.400. The fourth-order valence-corrected chi connectivity index (χ4v) is 6.64. The number of rotatable bonds is 18. The molecular formula is C40H45FN4O8. The molecule has 1 aliphatic rings. The number of anilines is 1. The summed E-state index contributed by atoms with van der Waals surface area (Å²) in [6.45, 7) is 3.84. The monoisotopic (exact) mass is 728 g/mol. The lowest BCUT2D eigenvalue weighted by molar-refractivity contribution is -0.161. The Kier molecular flexibility index (Phi) is 13.1. The van der Waals surface area contributed by atoms with E-state index in [-0.39, 0.29) is 31.6 Å². The quantitative estimate of drug-likeness (QED) is 0.0776. The number of carbonyl (C=O) groups excluding carboxylic acids is 4. The number of hydrogen-bond acceptors (Lipinski definition) is 10. The summed E-state index contributed by atoms with van der Waals surface area (Å²) in [5, 5.41) is 15.3. The van der Waals surface area contributed by atoms with Crippen LogP contribution in [0.4, 0.5) is 10.1 Å². The van der Waals surface area contributed by atoms with Crippen LogP contribution in [0, 0.1) is 11.7 Å². The number of hydrogen-bond donors (Lipinski definition) is 1. The molecule has 1 saturated heterocycles. The minimum absolute atomic E-state index is 0.0514. The number of para-hydroxylation sites is 1. The maximum atomic E-state index is 14.1. The highest BCUT2D eigenvalue weighted by molar-refractivity contribution is 6.03. The van der Waals surface area contributed by atoms with E-state index in [1.54, 1.807) is 23.1 Å². The van der Waals surface area contributed by atoms with Gasteiger partial charge in [-0.2, -0.15) is 5.10 Å². The van der Waals surface area contributed by atoms with Crippen LogP contribution in [0.25, 0.3) is 0 Å². The molecule has 13 heteroatoms. The van der Waals surface area contributed by atoms with Gasteiger partial charge in [0.25, 0.3) is 0 Å². The Labute approximate surface area is 307 Å². The molecule has 1 aliphatic heterocycles. The summed E-state index contributed by atoms with van der Waals surface area (Å²) < 4.78 is 31.2. The average molecular weight is 729 g/mol. The van der Waals surface area contributed by atoms with E-state index in [0.29, 0.717) is 37.8 Å². The van der Waals surface area contributed by atoms with Gasteiger partial charge >= 0.3 is 17.9 Å². The Hall–Kier alpha value is -5.43. The van der Waals surface area contributed by atoms with Crippen LogP contribution in [0.5, 0.6) is 0 Å². The van der Waals surface area contributed by atoms with E-state index >= 15 is 0 Å². The summed E-state index contributed by atoms with van der Waals surface area (Å²) in [6.07, 6.45) is 5.32. The van der Waals surface area contributed by atoms with Crippen molar-refractivity contribution in [1.82, 2.24) is 14.8 Å². The van der Waals surface area contributed by atoms with Gasteiger partial charge in [0, 0.05) is 33.0 Å². The van der Waals surface area contributed by atoms with Gasteiger partial charge in [-0.25, -0.2) is 9.37 Å².